The van der Waals surface area contributed by atoms with Crippen LogP contribution in [-0.2, 0) is 26.8 Å². The molecule has 3 aromatic rings. The third kappa shape index (κ3) is 3.58. The highest BCUT2D eigenvalue weighted by atomic mass is 32.2. The number of benzene rings is 1. The summed E-state index contributed by atoms with van der Waals surface area (Å²) in [5.74, 6) is 0.342. The number of pyridine rings is 1. The van der Waals surface area contributed by atoms with Crippen molar-refractivity contribution in [2.24, 2.45) is 0 Å². The van der Waals surface area contributed by atoms with Crippen molar-refractivity contribution in [3.8, 4) is 6.07 Å². The van der Waals surface area contributed by atoms with Crippen molar-refractivity contribution in [2.45, 2.75) is 49.1 Å². The molecule has 1 fully saturated rings. The molecule has 1 aromatic carbocycles. The minimum atomic E-state index is -3.56. The Kier molecular flexibility index (Phi) is 5.67. The topological polar surface area (TPSA) is 133 Å². The Hall–Kier alpha value is -3.20. The Morgan fingerprint density at radius 1 is 1.26 bits per heavy atom. The van der Waals surface area contributed by atoms with E-state index in [0.717, 1.165) is 19.3 Å². The van der Waals surface area contributed by atoms with Crippen LogP contribution in [0.5, 0.6) is 0 Å². The van der Waals surface area contributed by atoms with E-state index in [1.807, 2.05) is 0 Å². The van der Waals surface area contributed by atoms with E-state index in [-0.39, 0.29) is 23.5 Å². The predicted molar refractivity (Wildman–Crippen MR) is 126 cm³/mol. The van der Waals surface area contributed by atoms with Gasteiger partial charge in [-0.05, 0) is 55.5 Å². The van der Waals surface area contributed by atoms with Crippen LogP contribution in [0.15, 0.2) is 40.2 Å². The molecule has 2 aliphatic rings. The van der Waals surface area contributed by atoms with Gasteiger partial charge in [-0.2, -0.15) is 14.7 Å². The van der Waals surface area contributed by atoms with Gasteiger partial charge in [-0.25, -0.2) is 13.1 Å². The minimum absolute atomic E-state index is 0.254. The zero-order valence-electron chi connectivity index (χ0n) is 18.9. The number of methoxy groups -OCH3 is 1. The largest absolute Gasteiger partial charge is 0.383 e. The van der Waals surface area contributed by atoms with Crippen molar-refractivity contribution >= 4 is 32.4 Å². The minimum Gasteiger partial charge on any atom is -0.383 e. The summed E-state index contributed by atoms with van der Waals surface area (Å²) >= 11 is 0. The van der Waals surface area contributed by atoms with Crippen LogP contribution in [0.2, 0.25) is 0 Å². The van der Waals surface area contributed by atoms with Crippen LogP contribution in [0.1, 0.15) is 37.7 Å². The predicted octanol–water partition coefficient (Wildman–Crippen LogP) is 2.80. The van der Waals surface area contributed by atoms with Crippen LogP contribution in [0.4, 0.5) is 11.5 Å². The van der Waals surface area contributed by atoms with Crippen LogP contribution >= 0.6 is 0 Å². The lowest BCUT2D eigenvalue weighted by molar-refractivity contribution is 0.179. The first-order chi connectivity index (χ1) is 16.4. The van der Waals surface area contributed by atoms with Gasteiger partial charge in [-0.1, -0.05) is 6.42 Å². The van der Waals surface area contributed by atoms with E-state index in [0.29, 0.717) is 47.4 Å². The number of aromatic amines is 1. The molecule has 178 valence electrons. The first-order valence-corrected chi connectivity index (χ1v) is 12.7. The fourth-order valence-electron chi connectivity index (χ4n) is 4.97. The molecule has 0 atom stereocenters. The molecule has 0 saturated heterocycles. The van der Waals surface area contributed by atoms with Crippen molar-refractivity contribution in [1.29, 1.82) is 5.26 Å². The monoisotopic (exact) mass is 482 g/mol. The lowest BCUT2D eigenvalue weighted by atomic mass is 9.83. The lowest BCUT2D eigenvalue weighted by Crippen LogP contribution is -2.35. The molecule has 0 bridgehead atoms. The van der Waals surface area contributed by atoms with Crippen LogP contribution in [0.3, 0.4) is 0 Å². The van der Waals surface area contributed by atoms with E-state index in [1.54, 1.807) is 35.1 Å². The second-order valence-electron chi connectivity index (χ2n) is 8.81. The maximum Gasteiger partial charge on any atom is 0.261 e. The Bertz CT molecular complexity index is 1450. The van der Waals surface area contributed by atoms with E-state index in [4.69, 9.17) is 9.84 Å². The number of fused-ring (bicyclic) bond motifs is 2. The van der Waals surface area contributed by atoms with E-state index in [2.05, 4.69) is 16.4 Å². The highest BCUT2D eigenvalue weighted by molar-refractivity contribution is 7.89. The molecule has 1 aliphatic carbocycles. The molecular weight excluding hydrogens is 456 g/mol. The molecule has 5 rings (SSSR count). The van der Waals surface area contributed by atoms with Crippen molar-refractivity contribution in [3.63, 3.8) is 0 Å². The molecule has 0 radical (unpaired) electrons. The first kappa shape index (κ1) is 22.6. The van der Waals surface area contributed by atoms with E-state index in [1.165, 1.54) is 11.4 Å². The van der Waals surface area contributed by atoms with Gasteiger partial charge < -0.3 is 15.0 Å². The summed E-state index contributed by atoms with van der Waals surface area (Å²) in [5, 5.41) is 18.4. The van der Waals surface area contributed by atoms with Gasteiger partial charge in [0.2, 0.25) is 10.0 Å². The second kappa shape index (κ2) is 8.54. The Balaban J connectivity index is 1.54. The third-order valence-corrected chi connectivity index (χ3v) is 8.68. The van der Waals surface area contributed by atoms with Gasteiger partial charge in [-0.3, -0.25) is 4.79 Å². The normalized spacial score (nSPS) is 19.1. The quantitative estimate of drug-likeness (QED) is 0.552. The summed E-state index contributed by atoms with van der Waals surface area (Å²) in [4.78, 5) is 15.7. The summed E-state index contributed by atoms with van der Waals surface area (Å²) < 4.78 is 33.7. The van der Waals surface area contributed by atoms with Gasteiger partial charge in [0.1, 0.15) is 10.9 Å². The second-order valence-corrected chi connectivity index (χ2v) is 10.7. The molecule has 1 saturated carbocycles. The number of aromatic nitrogens is 3. The van der Waals surface area contributed by atoms with Crippen LogP contribution < -0.4 is 10.9 Å². The van der Waals surface area contributed by atoms with Crippen molar-refractivity contribution < 1.29 is 13.2 Å². The van der Waals surface area contributed by atoms with Crippen molar-refractivity contribution in [3.05, 3.63) is 46.4 Å². The number of anilines is 2. The van der Waals surface area contributed by atoms with Gasteiger partial charge in [-0.15, -0.1) is 0 Å². The number of nitriles is 1. The van der Waals surface area contributed by atoms with Crippen LogP contribution in [0.25, 0.3) is 10.9 Å². The van der Waals surface area contributed by atoms with Gasteiger partial charge in [0.05, 0.1) is 23.1 Å². The average molecular weight is 483 g/mol. The number of sulfonamides is 1. The molecule has 2 aromatic heterocycles. The third-order valence-electron chi connectivity index (χ3n) is 6.73. The smallest absolute Gasteiger partial charge is 0.261 e. The summed E-state index contributed by atoms with van der Waals surface area (Å²) in [5.41, 5.74) is 0.790. The summed E-state index contributed by atoms with van der Waals surface area (Å²) in [7, 11) is -2.02. The number of rotatable bonds is 6. The zero-order chi connectivity index (χ0) is 23.9. The highest BCUT2D eigenvalue weighted by Crippen LogP contribution is 2.38. The van der Waals surface area contributed by atoms with Crippen molar-refractivity contribution in [1.82, 2.24) is 19.1 Å². The average Bonchev–Trinajstić information content (AvgIpc) is 3.33. The summed E-state index contributed by atoms with van der Waals surface area (Å²) in [6, 6.07) is 9.24. The van der Waals surface area contributed by atoms with Gasteiger partial charge in [0.15, 0.2) is 5.82 Å². The van der Waals surface area contributed by atoms with Gasteiger partial charge in [0, 0.05) is 32.1 Å². The highest BCUT2D eigenvalue weighted by Gasteiger charge is 2.38. The lowest BCUT2D eigenvalue weighted by Gasteiger charge is -2.31. The van der Waals surface area contributed by atoms with Gasteiger partial charge in [0.25, 0.3) is 5.56 Å². The van der Waals surface area contributed by atoms with Crippen molar-refractivity contribution in [2.75, 3.05) is 25.6 Å². The molecular formula is C23H26N6O4S. The summed E-state index contributed by atoms with van der Waals surface area (Å²) in [6.45, 7) is 0.839. The molecule has 11 heteroatoms. The fraction of sp³-hybridized carbons (Fsp3) is 0.435. The molecule has 2 N–H and O–H groups in total. The number of ether oxygens (including phenoxy) is 1. The molecule has 10 nitrogen and oxygen atoms in total. The molecule has 0 unspecified atom stereocenters. The first-order valence-electron chi connectivity index (χ1n) is 11.3. The summed E-state index contributed by atoms with van der Waals surface area (Å²) in [6.07, 6.45) is 5.86. The molecule has 0 amide bonds. The molecule has 0 spiro atoms. The van der Waals surface area contributed by atoms with Gasteiger partial charge >= 0.3 is 0 Å². The molecule has 1 aliphatic heterocycles. The SMILES string of the molecule is COCCN1Cc2cc(Nc3nn(C4(C#N)CCCCC4)c4cc[nH]c(=O)c34)ccc2S1(=O)=O. The Labute approximate surface area is 197 Å². The van der Waals surface area contributed by atoms with E-state index >= 15 is 0 Å². The maximum absolute atomic E-state index is 12.8. The number of hydrogen-bond acceptors (Lipinski definition) is 7. The maximum atomic E-state index is 12.8. The van der Waals surface area contributed by atoms with Crippen LogP contribution in [-0.4, -0.2) is 47.7 Å². The Morgan fingerprint density at radius 2 is 2.06 bits per heavy atom. The van der Waals surface area contributed by atoms with Crippen LogP contribution in [0, 0.1) is 11.3 Å². The Morgan fingerprint density at radius 3 is 2.79 bits per heavy atom. The zero-order valence-corrected chi connectivity index (χ0v) is 19.7. The fourth-order valence-corrected chi connectivity index (χ4v) is 6.57. The van der Waals surface area contributed by atoms with E-state index < -0.39 is 15.6 Å². The standard InChI is InChI=1S/C23H26N6O4S/c1-33-12-11-28-14-16-13-17(5-6-19(16)34(28,31)32)26-21-20-18(7-10-25-22(20)30)29(27-21)23(15-24)8-3-2-4-9-23/h5-7,10,13H,2-4,8-9,11-12,14H2,1H3,(H,25,30)(H,26,27). The molecule has 34 heavy (non-hydrogen) atoms. The number of nitrogens with zero attached hydrogens (tertiary/aromatic N) is 4. The number of hydrogen-bond donors (Lipinski definition) is 2. The van der Waals surface area contributed by atoms with E-state index in [9.17, 15) is 18.5 Å². The number of nitrogens with one attached hydrogen (secondary N) is 2. The molecule has 3 heterocycles. The number of H-pyrrole nitrogens is 1.